The topological polar surface area (TPSA) is 74.2 Å². The summed E-state index contributed by atoms with van der Waals surface area (Å²) in [6.07, 6.45) is 6.71. The van der Waals surface area contributed by atoms with Crippen LogP contribution in [0.1, 0.15) is 55.0 Å². The number of anilines is 1. The lowest BCUT2D eigenvalue weighted by Crippen LogP contribution is -2.38. The van der Waals surface area contributed by atoms with Gasteiger partial charge in [0.1, 0.15) is 5.82 Å². The number of hydrogen-bond donors (Lipinski definition) is 1. The van der Waals surface area contributed by atoms with Crippen molar-refractivity contribution >= 4 is 11.7 Å². The molecule has 1 N–H and O–H groups in total. The van der Waals surface area contributed by atoms with E-state index in [-0.39, 0.29) is 11.9 Å². The number of hydrogen-bond acceptors (Lipinski definition) is 6. The van der Waals surface area contributed by atoms with Crippen LogP contribution in [-0.2, 0) is 24.2 Å². The molecular weight excluding hydrogens is 364 g/mol. The lowest BCUT2D eigenvalue weighted by Gasteiger charge is -2.35. The molecule has 2 aromatic heterocycles. The summed E-state index contributed by atoms with van der Waals surface area (Å²) in [4.78, 5) is 30.7. The van der Waals surface area contributed by atoms with Crippen LogP contribution in [0.4, 0.5) is 5.82 Å². The van der Waals surface area contributed by atoms with E-state index >= 15 is 0 Å². The maximum Gasteiger partial charge on any atom is 0.220 e. The molecule has 1 fully saturated rings. The molecular formula is C22H30N6O. The summed E-state index contributed by atoms with van der Waals surface area (Å²) in [5.74, 6) is 1.83. The third kappa shape index (κ3) is 4.56. The van der Waals surface area contributed by atoms with Gasteiger partial charge in [-0.1, -0.05) is 6.07 Å². The fraction of sp³-hybridized carbons (Fsp3) is 0.545. The van der Waals surface area contributed by atoms with Gasteiger partial charge in [0, 0.05) is 57.0 Å². The van der Waals surface area contributed by atoms with E-state index in [9.17, 15) is 4.79 Å². The highest BCUT2D eigenvalue weighted by atomic mass is 16.2. The molecule has 0 saturated carbocycles. The molecule has 1 atom stereocenters. The molecule has 1 saturated heterocycles. The molecule has 4 heterocycles. The number of aromatic nitrogens is 3. The van der Waals surface area contributed by atoms with E-state index < -0.39 is 0 Å². The van der Waals surface area contributed by atoms with Gasteiger partial charge in [-0.05, 0) is 44.9 Å². The second-order valence-corrected chi connectivity index (χ2v) is 8.07. The molecule has 7 heteroatoms. The largest absolute Gasteiger partial charge is 0.369 e. The highest BCUT2D eigenvalue weighted by Crippen LogP contribution is 2.32. The zero-order valence-electron chi connectivity index (χ0n) is 17.4. The summed E-state index contributed by atoms with van der Waals surface area (Å²) >= 11 is 0. The average molecular weight is 395 g/mol. The number of nitrogens with one attached hydrogen (secondary N) is 1. The first-order valence-electron chi connectivity index (χ1n) is 10.6. The number of fused-ring (bicyclic) bond motifs is 1. The van der Waals surface area contributed by atoms with Crippen molar-refractivity contribution in [1.82, 2.24) is 24.8 Å². The SMILES string of the molecule is CC(=O)N1CCCC[C@H]1c1nc2c(c(NCCc3ccccn3)n1)CCN(C)C2. The second-order valence-electron chi connectivity index (χ2n) is 8.07. The minimum absolute atomic E-state index is 0.0184. The van der Waals surface area contributed by atoms with Crippen molar-refractivity contribution in [2.45, 2.75) is 51.6 Å². The van der Waals surface area contributed by atoms with Gasteiger partial charge in [-0.3, -0.25) is 9.78 Å². The Hall–Kier alpha value is -2.54. The van der Waals surface area contributed by atoms with Gasteiger partial charge < -0.3 is 15.1 Å². The Morgan fingerprint density at radius 2 is 2.14 bits per heavy atom. The molecule has 0 bridgehead atoms. The van der Waals surface area contributed by atoms with Gasteiger partial charge in [-0.25, -0.2) is 9.97 Å². The normalized spacial score (nSPS) is 19.7. The van der Waals surface area contributed by atoms with Gasteiger partial charge in [-0.15, -0.1) is 0 Å². The Morgan fingerprint density at radius 1 is 1.24 bits per heavy atom. The molecule has 154 valence electrons. The van der Waals surface area contributed by atoms with Crippen molar-refractivity contribution in [1.29, 1.82) is 0 Å². The monoisotopic (exact) mass is 394 g/mol. The molecule has 7 nitrogen and oxygen atoms in total. The van der Waals surface area contributed by atoms with Crippen LogP contribution in [0.15, 0.2) is 24.4 Å². The standard InChI is InChI=1S/C22H30N6O/c1-16(29)28-13-6-4-8-20(28)22-25-19-15-27(2)14-10-18(19)21(26-22)24-12-9-17-7-3-5-11-23-17/h3,5,7,11,20H,4,6,8-10,12-15H2,1-2H3,(H,24,25,26)/t20-/m0/s1. The Labute approximate surface area is 172 Å². The fourth-order valence-electron chi connectivity index (χ4n) is 4.31. The van der Waals surface area contributed by atoms with E-state index in [2.05, 4.69) is 22.2 Å². The third-order valence-electron chi connectivity index (χ3n) is 5.88. The van der Waals surface area contributed by atoms with Gasteiger partial charge in [0.25, 0.3) is 0 Å². The predicted octanol–water partition coefficient (Wildman–Crippen LogP) is 2.59. The summed E-state index contributed by atoms with van der Waals surface area (Å²) in [6.45, 7) is 5.05. The number of pyridine rings is 1. The van der Waals surface area contributed by atoms with Crippen LogP contribution < -0.4 is 5.32 Å². The highest BCUT2D eigenvalue weighted by molar-refractivity contribution is 5.73. The minimum atomic E-state index is -0.0184. The van der Waals surface area contributed by atoms with Crippen molar-refractivity contribution in [3.63, 3.8) is 0 Å². The van der Waals surface area contributed by atoms with E-state index in [1.54, 1.807) is 6.92 Å². The molecule has 2 aromatic rings. The van der Waals surface area contributed by atoms with E-state index in [4.69, 9.17) is 9.97 Å². The number of nitrogens with zero attached hydrogens (tertiary/aromatic N) is 5. The number of likely N-dealkylation sites (N-methyl/N-ethyl adjacent to an activating group) is 1. The maximum absolute atomic E-state index is 12.2. The molecule has 2 aliphatic heterocycles. The first kappa shape index (κ1) is 19.8. The summed E-state index contributed by atoms with van der Waals surface area (Å²) in [7, 11) is 2.13. The van der Waals surface area contributed by atoms with Gasteiger partial charge in [0.2, 0.25) is 5.91 Å². The average Bonchev–Trinajstić information content (AvgIpc) is 2.74. The van der Waals surface area contributed by atoms with Crippen LogP contribution in [0.25, 0.3) is 0 Å². The Kier molecular flexibility index (Phi) is 6.04. The maximum atomic E-state index is 12.2. The van der Waals surface area contributed by atoms with Crippen LogP contribution in [0.2, 0.25) is 0 Å². The van der Waals surface area contributed by atoms with E-state index in [0.29, 0.717) is 0 Å². The minimum Gasteiger partial charge on any atom is -0.369 e. The van der Waals surface area contributed by atoms with Gasteiger partial charge >= 0.3 is 0 Å². The Balaban J connectivity index is 1.60. The third-order valence-corrected chi connectivity index (χ3v) is 5.88. The summed E-state index contributed by atoms with van der Waals surface area (Å²) < 4.78 is 0. The number of carbonyl (C=O) groups excluding carboxylic acids is 1. The molecule has 0 spiro atoms. The van der Waals surface area contributed by atoms with E-state index in [0.717, 1.165) is 81.3 Å². The fourth-order valence-corrected chi connectivity index (χ4v) is 4.31. The molecule has 2 aliphatic rings. The number of carbonyl (C=O) groups is 1. The lowest BCUT2D eigenvalue weighted by atomic mass is 10.00. The molecule has 0 aromatic carbocycles. The summed E-state index contributed by atoms with van der Waals surface area (Å²) in [5, 5.41) is 3.55. The lowest BCUT2D eigenvalue weighted by molar-refractivity contribution is -0.132. The van der Waals surface area contributed by atoms with Crippen LogP contribution in [-0.4, -0.2) is 57.3 Å². The van der Waals surface area contributed by atoms with Crippen LogP contribution >= 0.6 is 0 Å². The molecule has 0 aliphatic carbocycles. The van der Waals surface area contributed by atoms with Crippen LogP contribution in [0.5, 0.6) is 0 Å². The zero-order valence-corrected chi connectivity index (χ0v) is 17.4. The van der Waals surface area contributed by atoms with Crippen molar-refractivity contribution in [2.75, 3.05) is 32.0 Å². The van der Waals surface area contributed by atoms with Crippen molar-refractivity contribution < 1.29 is 4.79 Å². The Bertz CT molecular complexity index is 856. The smallest absolute Gasteiger partial charge is 0.220 e. The number of piperidine rings is 1. The molecule has 1 amide bonds. The highest BCUT2D eigenvalue weighted by Gasteiger charge is 2.30. The van der Waals surface area contributed by atoms with Crippen molar-refractivity contribution in [2.24, 2.45) is 0 Å². The van der Waals surface area contributed by atoms with Crippen molar-refractivity contribution in [3.8, 4) is 0 Å². The molecule has 29 heavy (non-hydrogen) atoms. The quantitative estimate of drug-likeness (QED) is 0.840. The van der Waals surface area contributed by atoms with Gasteiger partial charge in [0.15, 0.2) is 5.82 Å². The van der Waals surface area contributed by atoms with E-state index in [1.807, 2.05) is 29.3 Å². The predicted molar refractivity (Wildman–Crippen MR) is 112 cm³/mol. The molecule has 0 unspecified atom stereocenters. The number of rotatable bonds is 5. The molecule has 0 radical (unpaired) electrons. The summed E-state index contributed by atoms with van der Waals surface area (Å²) in [5.41, 5.74) is 3.38. The first-order valence-corrected chi connectivity index (χ1v) is 10.6. The van der Waals surface area contributed by atoms with Crippen LogP contribution in [0.3, 0.4) is 0 Å². The number of likely N-dealkylation sites (tertiary alicyclic amines) is 1. The Morgan fingerprint density at radius 3 is 2.93 bits per heavy atom. The van der Waals surface area contributed by atoms with Gasteiger partial charge in [0.05, 0.1) is 11.7 Å². The second kappa shape index (κ2) is 8.86. The van der Waals surface area contributed by atoms with Crippen molar-refractivity contribution in [3.05, 3.63) is 47.2 Å². The zero-order chi connectivity index (χ0) is 20.2. The van der Waals surface area contributed by atoms with Crippen LogP contribution in [0, 0.1) is 0 Å². The van der Waals surface area contributed by atoms with E-state index in [1.165, 1.54) is 5.56 Å². The van der Waals surface area contributed by atoms with Gasteiger partial charge in [-0.2, -0.15) is 0 Å². The number of amides is 1. The molecule has 4 rings (SSSR count). The first-order chi connectivity index (χ1) is 14.1. The summed E-state index contributed by atoms with van der Waals surface area (Å²) in [6, 6.07) is 5.98.